The van der Waals surface area contributed by atoms with E-state index in [0.29, 0.717) is 13.0 Å². The highest BCUT2D eigenvalue weighted by Crippen LogP contribution is 2.18. The summed E-state index contributed by atoms with van der Waals surface area (Å²) in [5, 5.41) is 18.1. The molecule has 0 aliphatic heterocycles. The van der Waals surface area contributed by atoms with Gasteiger partial charge in [0.25, 0.3) is 5.91 Å². The summed E-state index contributed by atoms with van der Waals surface area (Å²) in [5.74, 6) is -2.60. The van der Waals surface area contributed by atoms with Gasteiger partial charge in [-0.3, -0.25) is 19.6 Å². The molecule has 0 saturated carbocycles. The number of amides is 2. The van der Waals surface area contributed by atoms with Crippen molar-refractivity contribution < 1.29 is 24.7 Å². The molecule has 0 aromatic heterocycles. The van der Waals surface area contributed by atoms with Crippen LogP contribution in [0.25, 0.3) is 0 Å². The summed E-state index contributed by atoms with van der Waals surface area (Å²) in [4.78, 5) is 36.8. The number of nitrogens with one attached hydrogen (secondary N) is 1. The first-order valence-electron chi connectivity index (χ1n) is 10.2. The first-order valence-corrected chi connectivity index (χ1v) is 10.2. The number of hydrogen-bond acceptors (Lipinski definition) is 4. The molecule has 3 N–H and O–H groups in total. The molecular formula is C20H38N2O5. The van der Waals surface area contributed by atoms with Crippen LogP contribution in [0.15, 0.2) is 0 Å². The second-order valence-electron chi connectivity index (χ2n) is 7.69. The number of carbonyl (C=O) groups is 3. The molecule has 0 radical (unpaired) electrons. The van der Waals surface area contributed by atoms with Gasteiger partial charge in [-0.25, -0.2) is 5.48 Å². The van der Waals surface area contributed by atoms with Gasteiger partial charge >= 0.3 is 5.97 Å². The number of carbonyl (C=O) groups excluding carboxylic acids is 2. The van der Waals surface area contributed by atoms with Crippen molar-refractivity contribution in [3.05, 3.63) is 0 Å². The van der Waals surface area contributed by atoms with Crippen LogP contribution in [-0.2, 0) is 14.4 Å². The molecule has 1 atom stereocenters. The highest BCUT2D eigenvalue weighted by atomic mass is 16.5. The van der Waals surface area contributed by atoms with Gasteiger partial charge in [-0.2, -0.15) is 0 Å². The van der Waals surface area contributed by atoms with Crippen LogP contribution in [0, 0.1) is 11.8 Å². The summed E-state index contributed by atoms with van der Waals surface area (Å²) in [6.07, 6.45) is 9.23. The molecule has 0 fully saturated rings. The predicted molar refractivity (Wildman–Crippen MR) is 104 cm³/mol. The van der Waals surface area contributed by atoms with Crippen molar-refractivity contribution in [3.8, 4) is 0 Å². The third kappa shape index (κ3) is 13.2. The van der Waals surface area contributed by atoms with E-state index >= 15 is 0 Å². The molecule has 0 aliphatic carbocycles. The lowest BCUT2D eigenvalue weighted by Crippen LogP contribution is -2.41. The van der Waals surface area contributed by atoms with E-state index in [1.807, 2.05) is 13.8 Å². The van der Waals surface area contributed by atoms with E-state index in [1.165, 1.54) is 42.5 Å². The van der Waals surface area contributed by atoms with E-state index in [4.69, 9.17) is 5.21 Å². The largest absolute Gasteiger partial charge is 0.481 e. The first kappa shape index (κ1) is 25.4. The lowest BCUT2D eigenvalue weighted by molar-refractivity contribution is -0.147. The van der Waals surface area contributed by atoms with Crippen molar-refractivity contribution in [2.45, 2.75) is 85.0 Å². The summed E-state index contributed by atoms with van der Waals surface area (Å²) in [6.45, 7) is 6.16. The minimum absolute atomic E-state index is 0.122. The maximum atomic E-state index is 12.5. The Morgan fingerprint density at radius 3 is 2.00 bits per heavy atom. The Morgan fingerprint density at radius 1 is 0.963 bits per heavy atom. The number of carboxylic acid groups (broad SMARTS) is 1. The van der Waals surface area contributed by atoms with Gasteiger partial charge in [0, 0.05) is 13.0 Å². The molecule has 158 valence electrons. The van der Waals surface area contributed by atoms with Gasteiger partial charge < -0.3 is 10.0 Å². The number of aliphatic carboxylic acids is 1. The highest BCUT2D eigenvalue weighted by Gasteiger charge is 2.26. The Hall–Kier alpha value is -1.63. The smallest absolute Gasteiger partial charge is 0.307 e. The van der Waals surface area contributed by atoms with Crippen molar-refractivity contribution in [1.29, 1.82) is 0 Å². The predicted octanol–water partition coefficient (Wildman–Crippen LogP) is 3.60. The molecule has 0 aliphatic rings. The van der Waals surface area contributed by atoms with Crippen molar-refractivity contribution in [1.82, 2.24) is 10.4 Å². The second kappa shape index (κ2) is 15.4. The zero-order chi connectivity index (χ0) is 20.7. The molecule has 7 nitrogen and oxygen atoms in total. The molecule has 0 rings (SSSR count). The third-order valence-corrected chi connectivity index (χ3v) is 4.62. The molecule has 7 heteroatoms. The second-order valence-corrected chi connectivity index (χ2v) is 7.69. The Kier molecular flexibility index (Phi) is 14.5. The number of unbranched alkanes of at least 4 members (excludes halogenated alkanes) is 7. The van der Waals surface area contributed by atoms with E-state index < -0.39 is 17.8 Å². The summed E-state index contributed by atoms with van der Waals surface area (Å²) in [5.41, 5.74) is 1.54. The van der Waals surface area contributed by atoms with E-state index in [1.54, 1.807) is 0 Å². The molecule has 0 bridgehead atoms. The van der Waals surface area contributed by atoms with Crippen LogP contribution in [0.4, 0.5) is 0 Å². The summed E-state index contributed by atoms with van der Waals surface area (Å²) in [6, 6.07) is 0. The standard InChI is InChI=1S/C20H38N2O5/c1-4-5-6-7-8-9-10-11-12-22(15-18(23)21-27)19(24)14-17(20(25)26)13-16(2)3/h16-17,27H,4-15H2,1-3H3,(H,21,23)(H,25,26). The van der Waals surface area contributed by atoms with Crippen LogP contribution in [-0.4, -0.2) is 46.1 Å². The Balaban J connectivity index is 4.49. The van der Waals surface area contributed by atoms with Crippen LogP contribution in [0.2, 0.25) is 0 Å². The summed E-state index contributed by atoms with van der Waals surface area (Å²) < 4.78 is 0. The lowest BCUT2D eigenvalue weighted by Gasteiger charge is -2.24. The van der Waals surface area contributed by atoms with Crippen molar-refractivity contribution in [2.75, 3.05) is 13.1 Å². The monoisotopic (exact) mass is 386 g/mol. The van der Waals surface area contributed by atoms with Crippen LogP contribution in [0.1, 0.15) is 85.0 Å². The Labute approximate surface area is 163 Å². The maximum Gasteiger partial charge on any atom is 0.307 e. The lowest BCUT2D eigenvalue weighted by atomic mass is 9.93. The summed E-state index contributed by atoms with van der Waals surface area (Å²) >= 11 is 0. The topological polar surface area (TPSA) is 107 Å². The minimum Gasteiger partial charge on any atom is -0.481 e. The van der Waals surface area contributed by atoms with E-state index in [2.05, 4.69) is 6.92 Å². The zero-order valence-electron chi connectivity index (χ0n) is 17.2. The number of carboxylic acids is 1. The van der Waals surface area contributed by atoms with Gasteiger partial charge in [-0.05, 0) is 18.8 Å². The van der Waals surface area contributed by atoms with E-state index in [0.717, 1.165) is 19.3 Å². The fourth-order valence-electron chi connectivity index (χ4n) is 3.12. The first-order chi connectivity index (χ1) is 12.8. The van der Waals surface area contributed by atoms with E-state index in [-0.39, 0.29) is 24.8 Å². The maximum absolute atomic E-state index is 12.5. The molecule has 0 aromatic carbocycles. The molecule has 0 spiro atoms. The van der Waals surface area contributed by atoms with Gasteiger partial charge in [0.1, 0.15) is 6.54 Å². The number of rotatable bonds is 16. The number of nitrogens with zero attached hydrogens (tertiary/aromatic N) is 1. The van der Waals surface area contributed by atoms with Crippen LogP contribution >= 0.6 is 0 Å². The zero-order valence-corrected chi connectivity index (χ0v) is 17.2. The molecule has 0 aromatic rings. The molecular weight excluding hydrogens is 348 g/mol. The van der Waals surface area contributed by atoms with Gasteiger partial charge in [-0.1, -0.05) is 65.7 Å². The van der Waals surface area contributed by atoms with Crippen molar-refractivity contribution in [2.24, 2.45) is 11.8 Å². The van der Waals surface area contributed by atoms with Crippen molar-refractivity contribution >= 4 is 17.8 Å². The normalized spacial score (nSPS) is 12.0. The summed E-state index contributed by atoms with van der Waals surface area (Å²) in [7, 11) is 0. The Morgan fingerprint density at radius 2 is 1.52 bits per heavy atom. The van der Waals surface area contributed by atoms with E-state index in [9.17, 15) is 19.5 Å². The molecule has 0 heterocycles. The average molecular weight is 387 g/mol. The minimum atomic E-state index is -0.990. The highest BCUT2D eigenvalue weighted by molar-refractivity contribution is 5.86. The molecule has 27 heavy (non-hydrogen) atoms. The van der Waals surface area contributed by atoms with Gasteiger partial charge in [0.15, 0.2) is 0 Å². The quantitative estimate of drug-likeness (QED) is 0.213. The van der Waals surface area contributed by atoms with Crippen molar-refractivity contribution in [3.63, 3.8) is 0 Å². The van der Waals surface area contributed by atoms with Crippen LogP contribution in [0.5, 0.6) is 0 Å². The SMILES string of the molecule is CCCCCCCCCCN(CC(=O)NO)C(=O)CC(CC(C)C)C(=O)O. The average Bonchev–Trinajstić information content (AvgIpc) is 2.61. The van der Waals surface area contributed by atoms with Gasteiger partial charge in [0.05, 0.1) is 5.92 Å². The van der Waals surface area contributed by atoms with Gasteiger partial charge in [-0.15, -0.1) is 0 Å². The number of hydrogen-bond donors (Lipinski definition) is 3. The fourth-order valence-corrected chi connectivity index (χ4v) is 3.12. The van der Waals surface area contributed by atoms with Crippen LogP contribution in [0.3, 0.4) is 0 Å². The van der Waals surface area contributed by atoms with Gasteiger partial charge in [0.2, 0.25) is 5.91 Å². The fraction of sp³-hybridized carbons (Fsp3) is 0.850. The number of hydroxylamine groups is 1. The van der Waals surface area contributed by atoms with Crippen LogP contribution < -0.4 is 5.48 Å². The Bertz CT molecular complexity index is 440. The molecule has 2 amide bonds. The molecule has 1 unspecified atom stereocenters. The third-order valence-electron chi connectivity index (χ3n) is 4.62. The molecule has 0 saturated heterocycles.